The highest BCUT2D eigenvalue weighted by atomic mass is 35.5. The van der Waals surface area contributed by atoms with Crippen LogP contribution in [-0.4, -0.2) is 17.4 Å². The molecule has 2 aromatic rings. The maximum absolute atomic E-state index is 11.7. The van der Waals surface area contributed by atoms with Gasteiger partial charge in [0.15, 0.2) is 0 Å². The first-order valence-corrected chi connectivity index (χ1v) is 6.46. The van der Waals surface area contributed by atoms with E-state index in [4.69, 9.17) is 11.6 Å². The summed E-state index contributed by atoms with van der Waals surface area (Å²) in [4.78, 5) is 21.8. The van der Waals surface area contributed by atoms with Crippen molar-refractivity contribution in [2.45, 2.75) is 0 Å². The van der Waals surface area contributed by atoms with E-state index in [-0.39, 0.29) is 18.1 Å². The Bertz CT molecular complexity index is 659. The van der Waals surface area contributed by atoms with Crippen LogP contribution >= 0.6 is 11.6 Å². The molecule has 1 amide bonds. The Balaban J connectivity index is 1.88. The fraction of sp³-hybridized carbons (Fsp3) is 0.0714. The number of anilines is 2. The molecular formula is C14H12ClN3O3. The van der Waals surface area contributed by atoms with Gasteiger partial charge in [0.1, 0.15) is 0 Å². The Morgan fingerprint density at radius 1 is 1.14 bits per heavy atom. The largest absolute Gasteiger partial charge is 0.376 e. The van der Waals surface area contributed by atoms with Crippen molar-refractivity contribution in [2.24, 2.45) is 0 Å². The van der Waals surface area contributed by atoms with Gasteiger partial charge in [0.25, 0.3) is 5.69 Å². The Labute approximate surface area is 125 Å². The molecule has 0 bridgehead atoms. The molecule has 0 atom stereocenters. The Kier molecular flexibility index (Phi) is 4.73. The lowest BCUT2D eigenvalue weighted by Crippen LogP contribution is -2.21. The minimum Gasteiger partial charge on any atom is -0.376 e. The maximum Gasteiger partial charge on any atom is 0.269 e. The lowest BCUT2D eigenvalue weighted by Gasteiger charge is -2.08. The monoisotopic (exact) mass is 305 g/mol. The maximum atomic E-state index is 11.7. The summed E-state index contributed by atoms with van der Waals surface area (Å²) in [6.45, 7) is 0.0668. The van der Waals surface area contributed by atoms with E-state index in [0.29, 0.717) is 10.7 Å². The molecule has 7 heteroatoms. The minimum absolute atomic E-state index is 0.0231. The van der Waals surface area contributed by atoms with Crippen LogP contribution in [0.2, 0.25) is 5.02 Å². The van der Waals surface area contributed by atoms with Crippen LogP contribution in [0.5, 0.6) is 0 Å². The first-order valence-electron chi connectivity index (χ1n) is 6.08. The standard InChI is InChI=1S/C14H12ClN3O3/c15-10-2-1-3-12(8-10)16-9-14(19)17-11-4-6-13(7-5-11)18(20)21/h1-8,16H,9H2,(H,17,19). The zero-order valence-electron chi connectivity index (χ0n) is 10.9. The predicted molar refractivity (Wildman–Crippen MR) is 81.7 cm³/mol. The molecule has 0 radical (unpaired) electrons. The number of carbonyl (C=O) groups is 1. The summed E-state index contributed by atoms with van der Waals surface area (Å²) in [6.07, 6.45) is 0. The van der Waals surface area contributed by atoms with Crippen molar-refractivity contribution in [1.82, 2.24) is 0 Å². The van der Waals surface area contributed by atoms with Crippen LogP contribution in [0, 0.1) is 10.1 Å². The highest BCUT2D eigenvalue weighted by Gasteiger charge is 2.06. The van der Waals surface area contributed by atoms with Crippen LogP contribution in [0.4, 0.5) is 17.1 Å². The minimum atomic E-state index is -0.494. The summed E-state index contributed by atoms with van der Waals surface area (Å²) in [5.41, 5.74) is 1.21. The smallest absolute Gasteiger partial charge is 0.269 e. The van der Waals surface area contributed by atoms with Crippen LogP contribution in [0.3, 0.4) is 0 Å². The van der Waals surface area contributed by atoms with Gasteiger partial charge in [-0.25, -0.2) is 0 Å². The van der Waals surface area contributed by atoms with Gasteiger partial charge in [-0.1, -0.05) is 17.7 Å². The number of rotatable bonds is 5. The molecule has 21 heavy (non-hydrogen) atoms. The molecule has 0 spiro atoms. The van der Waals surface area contributed by atoms with E-state index in [1.54, 1.807) is 24.3 Å². The topological polar surface area (TPSA) is 84.3 Å². The third-order valence-electron chi connectivity index (χ3n) is 2.64. The number of nitro groups is 1. The molecule has 0 saturated carbocycles. The fourth-order valence-electron chi connectivity index (χ4n) is 1.65. The van der Waals surface area contributed by atoms with Gasteiger partial charge in [0.2, 0.25) is 5.91 Å². The average Bonchev–Trinajstić information content (AvgIpc) is 2.46. The predicted octanol–water partition coefficient (Wildman–Crippen LogP) is 3.30. The van der Waals surface area contributed by atoms with Gasteiger partial charge in [-0.2, -0.15) is 0 Å². The number of carbonyl (C=O) groups excluding carboxylic acids is 1. The van der Waals surface area contributed by atoms with Crippen LogP contribution in [0.15, 0.2) is 48.5 Å². The van der Waals surface area contributed by atoms with E-state index in [1.165, 1.54) is 24.3 Å². The van der Waals surface area contributed by atoms with Crippen molar-refractivity contribution >= 4 is 34.6 Å². The molecule has 0 aliphatic rings. The zero-order chi connectivity index (χ0) is 15.2. The van der Waals surface area contributed by atoms with Crippen molar-refractivity contribution < 1.29 is 9.72 Å². The van der Waals surface area contributed by atoms with Crippen LogP contribution in [0.25, 0.3) is 0 Å². The molecule has 0 saturated heterocycles. The van der Waals surface area contributed by atoms with Gasteiger partial charge >= 0.3 is 0 Å². The van der Waals surface area contributed by atoms with Crippen molar-refractivity contribution in [2.75, 3.05) is 17.2 Å². The van der Waals surface area contributed by atoms with Crippen molar-refractivity contribution in [3.05, 3.63) is 63.7 Å². The normalized spacial score (nSPS) is 9.95. The zero-order valence-corrected chi connectivity index (χ0v) is 11.6. The van der Waals surface area contributed by atoms with E-state index in [1.807, 2.05) is 0 Å². The summed E-state index contributed by atoms with van der Waals surface area (Å²) < 4.78 is 0. The summed E-state index contributed by atoms with van der Waals surface area (Å²) in [7, 11) is 0. The number of amides is 1. The SMILES string of the molecule is O=C(CNc1cccc(Cl)c1)Nc1ccc([N+](=O)[O-])cc1. The molecule has 2 aromatic carbocycles. The van der Waals surface area contributed by atoms with Crippen LogP contribution in [0.1, 0.15) is 0 Å². The molecule has 2 rings (SSSR count). The Morgan fingerprint density at radius 3 is 2.48 bits per heavy atom. The lowest BCUT2D eigenvalue weighted by molar-refractivity contribution is -0.384. The van der Waals surface area contributed by atoms with Gasteiger partial charge < -0.3 is 10.6 Å². The van der Waals surface area contributed by atoms with Gasteiger partial charge in [-0.15, -0.1) is 0 Å². The number of halogens is 1. The second-order valence-electron chi connectivity index (χ2n) is 4.22. The second kappa shape index (κ2) is 6.71. The average molecular weight is 306 g/mol. The van der Waals surface area contributed by atoms with E-state index < -0.39 is 4.92 Å². The molecule has 0 aromatic heterocycles. The van der Waals surface area contributed by atoms with Gasteiger partial charge in [0, 0.05) is 28.5 Å². The van der Waals surface area contributed by atoms with Gasteiger partial charge in [-0.3, -0.25) is 14.9 Å². The highest BCUT2D eigenvalue weighted by molar-refractivity contribution is 6.30. The second-order valence-corrected chi connectivity index (χ2v) is 4.65. The van der Waals surface area contributed by atoms with E-state index in [2.05, 4.69) is 10.6 Å². The number of nitrogens with one attached hydrogen (secondary N) is 2. The third kappa shape index (κ3) is 4.47. The number of hydrogen-bond donors (Lipinski definition) is 2. The molecular weight excluding hydrogens is 294 g/mol. The summed E-state index contributed by atoms with van der Waals surface area (Å²) in [6, 6.07) is 12.7. The Morgan fingerprint density at radius 2 is 1.86 bits per heavy atom. The summed E-state index contributed by atoms with van der Waals surface area (Å²) >= 11 is 5.83. The first kappa shape index (κ1) is 14.8. The first-order chi connectivity index (χ1) is 10.0. The number of benzene rings is 2. The molecule has 0 fully saturated rings. The van der Waals surface area contributed by atoms with Crippen LogP contribution in [-0.2, 0) is 4.79 Å². The number of non-ortho nitro benzene ring substituents is 1. The lowest BCUT2D eigenvalue weighted by atomic mass is 10.3. The number of nitrogens with zero attached hydrogens (tertiary/aromatic N) is 1. The number of hydrogen-bond acceptors (Lipinski definition) is 4. The van der Waals surface area contributed by atoms with Crippen molar-refractivity contribution in [1.29, 1.82) is 0 Å². The molecule has 0 heterocycles. The molecule has 0 aliphatic heterocycles. The van der Waals surface area contributed by atoms with Crippen molar-refractivity contribution in [3.8, 4) is 0 Å². The van der Waals surface area contributed by atoms with Crippen molar-refractivity contribution in [3.63, 3.8) is 0 Å². The molecule has 2 N–H and O–H groups in total. The molecule has 0 aliphatic carbocycles. The van der Waals surface area contributed by atoms with E-state index in [0.717, 1.165) is 5.69 Å². The molecule has 108 valence electrons. The number of nitro benzene ring substituents is 1. The third-order valence-corrected chi connectivity index (χ3v) is 2.87. The highest BCUT2D eigenvalue weighted by Crippen LogP contribution is 2.16. The molecule has 6 nitrogen and oxygen atoms in total. The molecule has 0 unspecified atom stereocenters. The van der Waals surface area contributed by atoms with E-state index in [9.17, 15) is 14.9 Å². The van der Waals surface area contributed by atoms with Gasteiger partial charge in [-0.05, 0) is 30.3 Å². The summed E-state index contributed by atoms with van der Waals surface area (Å²) in [5, 5.41) is 16.7. The Hall–Kier alpha value is -2.60. The summed E-state index contributed by atoms with van der Waals surface area (Å²) in [5.74, 6) is -0.260. The fourth-order valence-corrected chi connectivity index (χ4v) is 1.84. The quantitative estimate of drug-likeness (QED) is 0.655. The van der Waals surface area contributed by atoms with E-state index >= 15 is 0 Å². The van der Waals surface area contributed by atoms with Gasteiger partial charge in [0.05, 0.1) is 11.5 Å². The van der Waals surface area contributed by atoms with Crippen LogP contribution < -0.4 is 10.6 Å².